The summed E-state index contributed by atoms with van der Waals surface area (Å²) >= 11 is 0. The van der Waals surface area contributed by atoms with Crippen molar-refractivity contribution in [3.05, 3.63) is 23.8 Å². The van der Waals surface area contributed by atoms with E-state index >= 15 is 0 Å². The third kappa shape index (κ3) is 6.01. The van der Waals surface area contributed by atoms with Crippen LogP contribution >= 0.6 is 0 Å². The molecule has 0 aliphatic rings. The lowest BCUT2D eigenvalue weighted by atomic mass is 10.1. The largest absolute Gasteiger partial charge is 0.489 e. The second kappa shape index (κ2) is 9.20. The van der Waals surface area contributed by atoms with Gasteiger partial charge in [0, 0.05) is 40.0 Å². The van der Waals surface area contributed by atoms with Gasteiger partial charge in [-0.1, -0.05) is 0 Å². The van der Waals surface area contributed by atoms with E-state index in [2.05, 4.69) is 0 Å². The number of benzene rings is 1. The Morgan fingerprint density at radius 3 is 2.62 bits per heavy atom. The highest BCUT2D eigenvalue weighted by Crippen LogP contribution is 2.23. The van der Waals surface area contributed by atoms with Gasteiger partial charge in [0.05, 0.1) is 12.3 Å². The van der Waals surface area contributed by atoms with Crippen LogP contribution < -0.4 is 10.5 Å². The molecule has 118 valence electrons. The number of nitrogen functional groups attached to an aromatic ring is 1. The Kier molecular flexibility index (Phi) is 7.56. The van der Waals surface area contributed by atoms with Crippen molar-refractivity contribution in [2.45, 2.75) is 6.42 Å². The third-order valence-electron chi connectivity index (χ3n) is 2.79. The molecule has 21 heavy (non-hydrogen) atoms. The van der Waals surface area contributed by atoms with E-state index in [4.69, 9.17) is 19.9 Å². The van der Waals surface area contributed by atoms with Gasteiger partial charge in [-0.25, -0.2) is 0 Å². The first-order chi connectivity index (χ1) is 10.1. The van der Waals surface area contributed by atoms with Gasteiger partial charge < -0.3 is 24.8 Å². The fourth-order valence-electron chi connectivity index (χ4n) is 1.67. The highest BCUT2D eigenvalue weighted by atomic mass is 16.5. The zero-order valence-corrected chi connectivity index (χ0v) is 12.9. The second-order valence-electron chi connectivity index (χ2n) is 4.76. The average Bonchev–Trinajstić information content (AvgIpc) is 2.47. The predicted octanol–water partition coefficient (Wildman–Crippen LogP) is 1.40. The van der Waals surface area contributed by atoms with E-state index in [-0.39, 0.29) is 5.91 Å². The van der Waals surface area contributed by atoms with E-state index in [9.17, 15) is 4.79 Å². The Balaban J connectivity index is 2.44. The van der Waals surface area contributed by atoms with E-state index < -0.39 is 0 Å². The van der Waals surface area contributed by atoms with E-state index in [0.29, 0.717) is 43.4 Å². The Labute approximate surface area is 125 Å². The monoisotopic (exact) mass is 296 g/mol. The Hall–Kier alpha value is -1.79. The van der Waals surface area contributed by atoms with E-state index in [0.717, 1.165) is 6.42 Å². The maximum Gasteiger partial charge on any atom is 0.253 e. The van der Waals surface area contributed by atoms with Crippen molar-refractivity contribution in [1.29, 1.82) is 0 Å². The SMILES string of the molecule is COCCCOCCOc1cc(C(=O)N(C)C)ccc1N. The number of hydrogen-bond donors (Lipinski definition) is 1. The van der Waals surface area contributed by atoms with Gasteiger partial charge in [0.25, 0.3) is 5.91 Å². The van der Waals surface area contributed by atoms with Crippen molar-refractivity contribution < 1.29 is 19.0 Å². The Morgan fingerprint density at radius 1 is 1.19 bits per heavy atom. The van der Waals surface area contributed by atoms with E-state index in [1.165, 1.54) is 4.90 Å². The fraction of sp³-hybridized carbons (Fsp3) is 0.533. The number of amides is 1. The molecule has 0 saturated heterocycles. The zero-order valence-electron chi connectivity index (χ0n) is 12.9. The standard InChI is InChI=1S/C15H24N2O4/c1-17(2)15(18)12-5-6-13(16)14(11-12)21-10-9-20-8-4-7-19-3/h5-6,11H,4,7-10,16H2,1-3H3. The molecule has 0 saturated carbocycles. The van der Waals surface area contributed by atoms with Crippen LogP contribution in [0.15, 0.2) is 18.2 Å². The van der Waals surface area contributed by atoms with Gasteiger partial charge in [0.15, 0.2) is 0 Å². The van der Waals surface area contributed by atoms with Crippen LogP contribution in [0.3, 0.4) is 0 Å². The minimum absolute atomic E-state index is 0.0873. The molecular weight excluding hydrogens is 272 g/mol. The molecule has 2 N–H and O–H groups in total. The molecule has 1 rings (SSSR count). The normalized spacial score (nSPS) is 10.4. The van der Waals surface area contributed by atoms with Crippen molar-refractivity contribution in [1.82, 2.24) is 4.90 Å². The summed E-state index contributed by atoms with van der Waals surface area (Å²) in [5.41, 5.74) is 6.89. The van der Waals surface area contributed by atoms with E-state index in [1.807, 2.05) is 0 Å². The maximum absolute atomic E-state index is 11.9. The number of rotatable bonds is 9. The smallest absolute Gasteiger partial charge is 0.253 e. The van der Waals surface area contributed by atoms with Crippen LogP contribution in [0, 0.1) is 0 Å². The Bertz CT molecular complexity index is 449. The first-order valence-corrected chi connectivity index (χ1v) is 6.87. The van der Waals surface area contributed by atoms with Gasteiger partial charge in [-0.15, -0.1) is 0 Å². The number of carbonyl (C=O) groups excluding carboxylic acids is 1. The fourth-order valence-corrected chi connectivity index (χ4v) is 1.67. The van der Waals surface area contributed by atoms with Crippen molar-refractivity contribution in [2.75, 3.05) is 53.4 Å². The molecule has 0 aliphatic heterocycles. The predicted molar refractivity (Wildman–Crippen MR) is 81.7 cm³/mol. The van der Waals surface area contributed by atoms with Gasteiger partial charge in [-0.3, -0.25) is 4.79 Å². The second-order valence-corrected chi connectivity index (χ2v) is 4.76. The first kappa shape index (κ1) is 17.3. The summed E-state index contributed by atoms with van der Waals surface area (Å²) in [5.74, 6) is 0.416. The lowest BCUT2D eigenvalue weighted by molar-refractivity contribution is 0.0804. The van der Waals surface area contributed by atoms with Gasteiger partial charge >= 0.3 is 0 Å². The number of hydrogen-bond acceptors (Lipinski definition) is 5. The van der Waals surface area contributed by atoms with Gasteiger partial charge in [0.2, 0.25) is 0 Å². The molecule has 6 heteroatoms. The summed E-state index contributed by atoms with van der Waals surface area (Å²) in [6.45, 7) is 2.17. The summed E-state index contributed by atoms with van der Waals surface area (Å²) in [6.07, 6.45) is 0.853. The van der Waals surface area contributed by atoms with Crippen LogP contribution in [-0.2, 0) is 9.47 Å². The molecule has 0 heterocycles. The zero-order chi connectivity index (χ0) is 15.7. The average molecular weight is 296 g/mol. The molecule has 0 radical (unpaired) electrons. The molecule has 0 fully saturated rings. The molecule has 1 amide bonds. The number of ether oxygens (including phenoxy) is 3. The van der Waals surface area contributed by atoms with E-state index in [1.54, 1.807) is 39.4 Å². The number of anilines is 1. The summed E-state index contributed by atoms with van der Waals surface area (Å²) in [6, 6.07) is 5.01. The van der Waals surface area contributed by atoms with Crippen molar-refractivity contribution in [3.63, 3.8) is 0 Å². The van der Waals surface area contributed by atoms with Crippen molar-refractivity contribution in [3.8, 4) is 5.75 Å². The summed E-state index contributed by atoms with van der Waals surface area (Å²) < 4.78 is 15.9. The van der Waals surface area contributed by atoms with Gasteiger partial charge in [0.1, 0.15) is 12.4 Å². The number of methoxy groups -OCH3 is 1. The maximum atomic E-state index is 11.9. The first-order valence-electron chi connectivity index (χ1n) is 6.87. The van der Waals surface area contributed by atoms with Crippen molar-refractivity contribution >= 4 is 11.6 Å². The summed E-state index contributed by atoms with van der Waals surface area (Å²) in [4.78, 5) is 13.4. The molecular formula is C15H24N2O4. The highest BCUT2D eigenvalue weighted by molar-refractivity contribution is 5.94. The molecule has 0 aliphatic carbocycles. The molecule has 0 aromatic heterocycles. The molecule has 0 bridgehead atoms. The molecule has 0 atom stereocenters. The molecule has 6 nitrogen and oxygen atoms in total. The van der Waals surface area contributed by atoms with Crippen LogP contribution in [0.2, 0.25) is 0 Å². The number of carbonyl (C=O) groups is 1. The minimum Gasteiger partial charge on any atom is -0.489 e. The molecule has 1 aromatic rings. The van der Waals surface area contributed by atoms with Crippen LogP contribution in [0.25, 0.3) is 0 Å². The topological polar surface area (TPSA) is 74.0 Å². The van der Waals surface area contributed by atoms with Crippen LogP contribution in [0.5, 0.6) is 5.75 Å². The summed E-state index contributed by atoms with van der Waals surface area (Å²) in [7, 11) is 5.06. The summed E-state index contributed by atoms with van der Waals surface area (Å²) in [5, 5.41) is 0. The third-order valence-corrected chi connectivity index (χ3v) is 2.79. The number of nitrogens with zero attached hydrogens (tertiary/aromatic N) is 1. The lowest BCUT2D eigenvalue weighted by Crippen LogP contribution is -2.21. The van der Waals surface area contributed by atoms with Gasteiger partial charge in [-0.2, -0.15) is 0 Å². The lowest BCUT2D eigenvalue weighted by Gasteiger charge is -2.13. The minimum atomic E-state index is -0.0873. The van der Waals surface area contributed by atoms with Crippen LogP contribution in [0.1, 0.15) is 16.8 Å². The van der Waals surface area contributed by atoms with Gasteiger partial charge in [-0.05, 0) is 24.6 Å². The quantitative estimate of drug-likeness (QED) is 0.551. The molecule has 0 unspecified atom stereocenters. The highest BCUT2D eigenvalue weighted by Gasteiger charge is 2.10. The molecule has 0 spiro atoms. The molecule has 1 aromatic carbocycles. The Morgan fingerprint density at radius 2 is 1.95 bits per heavy atom. The van der Waals surface area contributed by atoms with Crippen LogP contribution in [-0.4, -0.2) is 58.4 Å². The van der Waals surface area contributed by atoms with Crippen molar-refractivity contribution in [2.24, 2.45) is 0 Å². The van der Waals surface area contributed by atoms with Crippen LogP contribution in [0.4, 0.5) is 5.69 Å². The number of nitrogens with two attached hydrogens (primary N) is 1.